The first-order valence-electron chi connectivity index (χ1n) is 6.28. The average Bonchev–Trinajstić information content (AvgIpc) is 2.34. The Balaban J connectivity index is 2.77. The van der Waals surface area contributed by atoms with Crippen LogP contribution in [0.25, 0.3) is 0 Å². The molecular weight excluding hydrogens is 242 g/mol. The van der Waals surface area contributed by atoms with Crippen LogP contribution in [0.4, 0.5) is 5.69 Å². The lowest BCUT2D eigenvalue weighted by Gasteiger charge is -2.21. The molecule has 2 atom stereocenters. The average molecular weight is 263 g/mol. The van der Waals surface area contributed by atoms with Crippen molar-refractivity contribution in [2.24, 2.45) is 11.7 Å². The number of nitrogen functional groups attached to an aromatic ring is 1. The molecule has 0 aliphatic carbocycles. The maximum atomic E-state index is 12.1. The van der Waals surface area contributed by atoms with E-state index in [1.807, 2.05) is 13.8 Å². The molecular formula is C14H21N3O2. The van der Waals surface area contributed by atoms with Crippen molar-refractivity contribution in [2.45, 2.75) is 32.7 Å². The van der Waals surface area contributed by atoms with E-state index in [1.54, 1.807) is 31.2 Å². The van der Waals surface area contributed by atoms with E-state index in [0.717, 1.165) is 5.56 Å². The third kappa shape index (κ3) is 3.98. The number of hydrogen-bond donors (Lipinski definition) is 3. The maximum Gasteiger partial charge on any atom is 0.240 e. The molecule has 1 aromatic rings. The lowest BCUT2D eigenvalue weighted by atomic mass is 9.98. The normalized spacial score (nSPS) is 13.9. The first-order chi connectivity index (χ1) is 8.82. The molecule has 104 valence electrons. The van der Waals surface area contributed by atoms with Gasteiger partial charge in [-0.05, 0) is 30.5 Å². The van der Waals surface area contributed by atoms with Crippen molar-refractivity contribution >= 4 is 17.5 Å². The van der Waals surface area contributed by atoms with Crippen LogP contribution in [-0.2, 0) is 9.59 Å². The van der Waals surface area contributed by atoms with Crippen LogP contribution in [0.2, 0.25) is 0 Å². The highest BCUT2D eigenvalue weighted by atomic mass is 16.2. The van der Waals surface area contributed by atoms with Crippen molar-refractivity contribution in [1.82, 2.24) is 5.32 Å². The lowest BCUT2D eigenvalue weighted by molar-refractivity contribution is -0.129. The second-order valence-corrected chi connectivity index (χ2v) is 5.02. The van der Waals surface area contributed by atoms with Crippen LogP contribution in [0, 0.1) is 5.92 Å². The maximum absolute atomic E-state index is 12.1. The molecule has 0 aliphatic rings. The fourth-order valence-corrected chi connectivity index (χ4v) is 1.78. The van der Waals surface area contributed by atoms with Gasteiger partial charge in [-0.2, -0.15) is 0 Å². The summed E-state index contributed by atoms with van der Waals surface area (Å²) >= 11 is 0. The highest BCUT2D eigenvalue weighted by molar-refractivity contribution is 5.89. The summed E-state index contributed by atoms with van der Waals surface area (Å²) in [5.41, 5.74) is 12.4. The van der Waals surface area contributed by atoms with Gasteiger partial charge in [0, 0.05) is 5.69 Å². The molecule has 0 saturated heterocycles. The molecule has 5 N–H and O–H groups in total. The first kappa shape index (κ1) is 15.0. The van der Waals surface area contributed by atoms with Crippen LogP contribution in [0.1, 0.15) is 32.3 Å². The summed E-state index contributed by atoms with van der Waals surface area (Å²) in [6.07, 6.45) is 0. The summed E-state index contributed by atoms with van der Waals surface area (Å²) in [7, 11) is 0. The van der Waals surface area contributed by atoms with E-state index in [1.165, 1.54) is 0 Å². The minimum absolute atomic E-state index is 0.0416. The van der Waals surface area contributed by atoms with Crippen molar-refractivity contribution in [1.29, 1.82) is 0 Å². The van der Waals surface area contributed by atoms with Gasteiger partial charge in [-0.15, -0.1) is 0 Å². The molecule has 2 amide bonds. The second-order valence-electron chi connectivity index (χ2n) is 5.02. The van der Waals surface area contributed by atoms with Crippen molar-refractivity contribution in [3.63, 3.8) is 0 Å². The Morgan fingerprint density at radius 2 is 1.63 bits per heavy atom. The Kier molecular flexibility index (Phi) is 4.92. The molecule has 0 aliphatic heterocycles. The van der Waals surface area contributed by atoms with Crippen molar-refractivity contribution in [3.05, 3.63) is 29.8 Å². The van der Waals surface area contributed by atoms with Gasteiger partial charge in [0.15, 0.2) is 0 Å². The molecule has 5 nitrogen and oxygen atoms in total. The number of amides is 2. The summed E-state index contributed by atoms with van der Waals surface area (Å²) < 4.78 is 0. The number of benzene rings is 1. The Morgan fingerprint density at radius 3 is 2.05 bits per heavy atom. The number of nitrogens with one attached hydrogen (secondary N) is 1. The summed E-state index contributed by atoms with van der Waals surface area (Å²) in [6, 6.07) is 6.44. The molecule has 0 aromatic heterocycles. The van der Waals surface area contributed by atoms with E-state index < -0.39 is 11.9 Å². The topological polar surface area (TPSA) is 98.2 Å². The standard InChI is InChI=1S/C14H21N3O2/c1-8(2)12(13(16)18)17-14(19)9(3)10-4-6-11(15)7-5-10/h4-9,12H,15H2,1-3H3,(H2,16,18)(H,17,19)/t9?,12-/m0/s1. The van der Waals surface area contributed by atoms with Crippen LogP contribution >= 0.6 is 0 Å². The van der Waals surface area contributed by atoms with Gasteiger partial charge in [-0.25, -0.2) is 0 Å². The number of primary amides is 1. The Labute approximate surface area is 113 Å². The van der Waals surface area contributed by atoms with Crippen molar-refractivity contribution in [3.8, 4) is 0 Å². The number of hydrogen-bond acceptors (Lipinski definition) is 3. The van der Waals surface area contributed by atoms with Gasteiger partial charge < -0.3 is 16.8 Å². The van der Waals surface area contributed by atoms with Gasteiger partial charge in [-0.3, -0.25) is 9.59 Å². The van der Waals surface area contributed by atoms with Crippen LogP contribution in [0.15, 0.2) is 24.3 Å². The Hall–Kier alpha value is -2.04. The molecule has 1 aromatic carbocycles. The SMILES string of the molecule is CC(C(=O)N[C@H](C(N)=O)C(C)C)c1ccc(N)cc1. The quantitative estimate of drug-likeness (QED) is 0.691. The number of carbonyl (C=O) groups excluding carboxylic acids is 2. The van der Waals surface area contributed by atoms with Gasteiger partial charge in [0.1, 0.15) is 6.04 Å². The van der Waals surface area contributed by atoms with Gasteiger partial charge in [0.05, 0.1) is 5.92 Å². The first-order valence-corrected chi connectivity index (χ1v) is 6.28. The summed E-state index contributed by atoms with van der Waals surface area (Å²) in [5, 5.41) is 2.68. The highest BCUT2D eigenvalue weighted by Crippen LogP contribution is 2.17. The molecule has 19 heavy (non-hydrogen) atoms. The van der Waals surface area contributed by atoms with Gasteiger partial charge in [-0.1, -0.05) is 26.0 Å². The fourth-order valence-electron chi connectivity index (χ4n) is 1.78. The van der Waals surface area contributed by atoms with Crippen molar-refractivity contribution < 1.29 is 9.59 Å². The molecule has 5 heteroatoms. The highest BCUT2D eigenvalue weighted by Gasteiger charge is 2.24. The predicted octanol–water partition coefficient (Wildman–Crippen LogP) is 0.998. The molecule has 1 rings (SSSR count). The zero-order valence-electron chi connectivity index (χ0n) is 11.5. The number of carbonyl (C=O) groups is 2. The largest absolute Gasteiger partial charge is 0.399 e. The molecule has 0 saturated carbocycles. The smallest absolute Gasteiger partial charge is 0.240 e. The molecule has 0 heterocycles. The molecule has 0 radical (unpaired) electrons. The van der Waals surface area contributed by atoms with Gasteiger partial charge >= 0.3 is 0 Å². The molecule has 0 bridgehead atoms. The molecule has 1 unspecified atom stereocenters. The minimum atomic E-state index is -0.649. The monoisotopic (exact) mass is 263 g/mol. The van der Waals surface area contributed by atoms with Crippen LogP contribution in [0.3, 0.4) is 0 Å². The minimum Gasteiger partial charge on any atom is -0.399 e. The number of anilines is 1. The summed E-state index contributed by atoms with van der Waals surface area (Å²) in [6.45, 7) is 5.45. The lowest BCUT2D eigenvalue weighted by Crippen LogP contribution is -2.48. The third-order valence-electron chi connectivity index (χ3n) is 3.10. The van der Waals surface area contributed by atoms with Crippen LogP contribution < -0.4 is 16.8 Å². The third-order valence-corrected chi connectivity index (χ3v) is 3.10. The van der Waals surface area contributed by atoms with E-state index in [4.69, 9.17) is 11.5 Å². The van der Waals surface area contributed by atoms with Gasteiger partial charge in [0.25, 0.3) is 0 Å². The van der Waals surface area contributed by atoms with E-state index >= 15 is 0 Å². The van der Waals surface area contributed by atoms with E-state index in [9.17, 15) is 9.59 Å². The van der Waals surface area contributed by atoms with E-state index in [-0.39, 0.29) is 17.7 Å². The zero-order valence-corrected chi connectivity index (χ0v) is 11.5. The summed E-state index contributed by atoms with van der Waals surface area (Å²) in [5.74, 6) is -1.14. The summed E-state index contributed by atoms with van der Waals surface area (Å²) in [4.78, 5) is 23.4. The molecule has 0 spiro atoms. The number of rotatable bonds is 5. The molecule has 0 fully saturated rings. The van der Waals surface area contributed by atoms with Crippen molar-refractivity contribution in [2.75, 3.05) is 5.73 Å². The second kappa shape index (κ2) is 6.22. The Morgan fingerprint density at radius 1 is 1.11 bits per heavy atom. The predicted molar refractivity (Wildman–Crippen MR) is 75.2 cm³/mol. The van der Waals surface area contributed by atoms with Crippen LogP contribution in [-0.4, -0.2) is 17.9 Å². The fraction of sp³-hybridized carbons (Fsp3) is 0.429. The van der Waals surface area contributed by atoms with E-state index in [0.29, 0.717) is 5.69 Å². The van der Waals surface area contributed by atoms with Gasteiger partial charge in [0.2, 0.25) is 11.8 Å². The van der Waals surface area contributed by atoms with Crippen LogP contribution in [0.5, 0.6) is 0 Å². The number of nitrogens with two attached hydrogens (primary N) is 2. The zero-order chi connectivity index (χ0) is 14.6. The Bertz CT molecular complexity index is 454. The van der Waals surface area contributed by atoms with E-state index in [2.05, 4.69) is 5.32 Å².